The molecule has 0 aliphatic rings. The van der Waals surface area contributed by atoms with Crippen LogP contribution in [0.25, 0.3) is 0 Å². The van der Waals surface area contributed by atoms with Crippen LogP contribution in [0.2, 0.25) is 0 Å². The molecule has 1 rings (SSSR count). The third kappa shape index (κ3) is 4.46. The van der Waals surface area contributed by atoms with Gasteiger partial charge in [0.1, 0.15) is 0 Å². The van der Waals surface area contributed by atoms with Crippen molar-refractivity contribution in [2.75, 3.05) is 0 Å². The molecule has 17 heavy (non-hydrogen) atoms. The second-order valence-electron chi connectivity index (χ2n) is 3.45. The maximum absolute atomic E-state index is 11.3. The van der Waals surface area contributed by atoms with E-state index in [2.05, 4.69) is 5.32 Å². The van der Waals surface area contributed by atoms with Crippen LogP contribution < -0.4 is 11.1 Å². The number of nitrogens with two attached hydrogens (primary N) is 1. The van der Waals surface area contributed by atoms with Gasteiger partial charge in [-0.2, -0.15) is 0 Å². The zero-order chi connectivity index (χ0) is 12.8. The fraction of sp³-hybridized carbons (Fsp3) is 0.273. The average Bonchev–Trinajstić information content (AvgIpc) is 2.29. The monoisotopic (exact) mass is 254 g/mol. The molecule has 0 aliphatic carbocycles. The van der Waals surface area contributed by atoms with Crippen LogP contribution in [0.4, 0.5) is 0 Å². The first-order chi connectivity index (χ1) is 8.00. The highest BCUT2D eigenvalue weighted by Gasteiger charge is 2.22. The Morgan fingerprint density at radius 2 is 1.94 bits per heavy atom. The van der Waals surface area contributed by atoms with E-state index in [9.17, 15) is 9.59 Å². The van der Waals surface area contributed by atoms with Gasteiger partial charge in [0.2, 0.25) is 5.91 Å². The lowest BCUT2D eigenvalue weighted by atomic mass is 10.3. The van der Waals surface area contributed by atoms with E-state index >= 15 is 0 Å². The average molecular weight is 254 g/mol. The van der Waals surface area contributed by atoms with Crippen LogP contribution in [0.1, 0.15) is 6.92 Å². The van der Waals surface area contributed by atoms with E-state index in [0.717, 1.165) is 16.7 Å². The Bertz CT molecular complexity index is 395. The van der Waals surface area contributed by atoms with Gasteiger partial charge in [0.05, 0.1) is 6.04 Å². The first-order valence-electron chi connectivity index (χ1n) is 5.01. The van der Waals surface area contributed by atoms with E-state index in [-0.39, 0.29) is 0 Å². The number of hydrogen-bond donors (Lipinski definition) is 3. The number of nitrogens with one attached hydrogen (secondary N) is 1. The van der Waals surface area contributed by atoms with Crippen molar-refractivity contribution < 1.29 is 14.7 Å². The largest absolute Gasteiger partial charge is 0.479 e. The molecule has 0 fully saturated rings. The SMILES string of the molecule is C[C@@H](N)C(=O)N[C@H](Sc1ccccc1)C(=O)O. The molecule has 0 heterocycles. The van der Waals surface area contributed by atoms with E-state index in [1.54, 1.807) is 24.3 Å². The van der Waals surface area contributed by atoms with Gasteiger partial charge in [0.15, 0.2) is 5.37 Å². The van der Waals surface area contributed by atoms with Crippen LogP contribution in [0.3, 0.4) is 0 Å². The molecular weight excluding hydrogens is 240 g/mol. The molecule has 4 N–H and O–H groups in total. The number of aliphatic carboxylic acids is 1. The van der Waals surface area contributed by atoms with E-state index in [4.69, 9.17) is 10.8 Å². The minimum atomic E-state index is -1.10. The molecule has 6 heteroatoms. The van der Waals surface area contributed by atoms with Crippen molar-refractivity contribution >= 4 is 23.6 Å². The van der Waals surface area contributed by atoms with Crippen molar-refractivity contribution in [3.05, 3.63) is 30.3 Å². The number of thioether (sulfide) groups is 1. The highest BCUT2D eigenvalue weighted by molar-refractivity contribution is 8.00. The molecule has 1 aromatic carbocycles. The van der Waals surface area contributed by atoms with Crippen LogP contribution in [0.5, 0.6) is 0 Å². The lowest BCUT2D eigenvalue weighted by molar-refractivity contribution is -0.139. The molecule has 5 nitrogen and oxygen atoms in total. The molecule has 1 amide bonds. The summed E-state index contributed by atoms with van der Waals surface area (Å²) in [5.74, 6) is -1.59. The lowest BCUT2D eigenvalue weighted by Crippen LogP contribution is -2.45. The molecule has 0 saturated carbocycles. The van der Waals surface area contributed by atoms with Crippen LogP contribution in [0.15, 0.2) is 35.2 Å². The number of carboxylic acid groups (broad SMARTS) is 1. The standard InChI is InChI=1S/C11H14N2O3S/c1-7(12)9(14)13-10(11(15)16)17-8-5-3-2-4-6-8/h2-7,10H,12H2,1H3,(H,13,14)(H,15,16)/t7-,10-/m1/s1. The molecule has 0 aromatic heterocycles. The van der Waals surface area contributed by atoms with Gasteiger partial charge in [-0.25, -0.2) is 4.79 Å². The first-order valence-corrected chi connectivity index (χ1v) is 5.89. The number of rotatable bonds is 5. The van der Waals surface area contributed by atoms with Crippen molar-refractivity contribution in [3.8, 4) is 0 Å². The summed E-state index contributed by atoms with van der Waals surface area (Å²) in [6.45, 7) is 1.50. The highest BCUT2D eigenvalue weighted by Crippen LogP contribution is 2.21. The van der Waals surface area contributed by atoms with Crippen molar-refractivity contribution in [2.24, 2.45) is 5.73 Å². The van der Waals surface area contributed by atoms with E-state index in [1.165, 1.54) is 6.92 Å². The minimum Gasteiger partial charge on any atom is -0.479 e. The Morgan fingerprint density at radius 1 is 1.35 bits per heavy atom. The summed E-state index contributed by atoms with van der Waals surface area (Å²) in [5, 5.41) is 10.3. The minimum absolute atomic E-state index is 0.485. The van der Waals surface area contributed by atoms with Gasteiger partial charge >= 0.3 is 5.97 Å². The Hall–Kier alpha value is -1.53. The van der Waals surface area contributed by atoms with Crippen LogP contribution in [0, 0.1) is 0 Å². The molecule has 2 atom stereocenters. The Morgan fingerprint density at radius 3 is 2.41 bits per heavy atom. The van der Waals surface area contributed by atoms with Gasteiger partial charge in [0.25, 0.3) is 0 Å². The second-order valence-corrected chi connectivity index (χ2v) is 4.62. The van der Waals surface area contributed by atoms with Crippen LogP contribution in [-0.4, -0.2) is 28.4 Å². The molecular formula is C11H14N2O3S. The zero-order valence-electron chi connectivity index (χ0n) is 9.29. The lowest BCUT2D eigenvalue weighted by Gasteiger charge is -2.15. The van der Waals surface area contributed by atoms with Crippen molar-refractivity contribution in [2.45, 2.75) is 23.2 Å². The summed E-state index contributed by atoms with van der Waals surface area (Å²) in [7, 11) is 0. The molecule has 0 aliphatic heterocycles. The van der Waals surface area contributed by atoms with Crippen molar-refractivity contribution in [1.29, 1.82) is 0 Å². The van der Waals surface area contributed by atoms with Gasteiger partial charge in [0, 0.05) is 4.90 Å². The highest BCUT2D eigenvalue weighted by atomic mass is 32.2. The molecule has 0 radical (unpaired) electrons. The summed E-state index contributed by atoms with van der Waals surface area (Å²) in [4.78, 5) is 23.1. The third-order valence-corrected chi connectivity index (χ3v) is 3.01. The van der Waals surface area contributed by atoms with E-state index in [1.807, 2.05) is 6.07 Å². The summed E-state index contributed by atoms with van der Waals surface area (Å²) >= 11 is 1.06. The topological polar surface area (TPSA) is 92.4 Å². The predicted octanol–water partition coefficient (Wildman–Crippen LogP) is 0.653. The summed E-state index contributed by atoms with van der Waals surface area (Å²) in [6.07, 6.45) is 0. The second kappa shape index (κ2) is 6.27. The van der Waals surface area contributed by atoms with Gasteiger partial charge in [-0.15, -0.1) is 0 Å². The van der Waals surface area contributed by atoms with Crippen LogP contribution >= 0.6 is 11.8 Å². The number of carbonyl (C=O) groups is 2. The number of carboxylic acids is 1. The molecule has 92 valence electrons. The molecule has 1 aromatic rings. The predicted molar refractivity (Wildman–Crippen MR) is 65.5 cm³/mol. The number of carbonyl (C=O) groups excluding carboxylic acids is 1. The normalized spacial score (nSPS) is 13.8. The van der Waals surface area contributed by atoms with Gasteiger partial charge < -0.3 is 16.2 Å². The van der Waals surface area contributed by atoms with E-state index < -0.39 is 23.3 Å². The molecule has 0 saturated heterocycles. The summed E-state index contributed by atoms with van der Waals surface area (Å²) < 4.78 is 0. The molecule has 0 unspecified atom stereocenters. The number of hydrogen-bond acceptors (Lipinski definition) is 4. The number of amides is 1. The zero-order valence-corrected chi connectivity index (χ0v) is 10.1. The Kier molecular flexibility index (Phi) is 4.99. The Labute approximate surface area is 103 Å². The quantitative estimate of drug-likeness (QED) is 0.530. The van der Waals surface area contributed by atoms with Crippen molar-refractivity contribution in [1.82, 2.24) is 5.32 Å². The van der Waals surface area contributed by atoms with Gasteiger partial charge in [-0.05, 0) is 19.1 Å². The van der Waals surface area contributed by atoms with Crippen LogP contribution in [-0.2, 0) is 9.59 Å². The Balaban J connectivity index is 2.68. The van der Waals surface area contributed by atoms with Gasteiger partial charge in [-0.1, -0.05) is 30.0 Å². The molecule has 0 spiro atoms. The fourth-order valence-electron chi connectivity index (χ4n) is 1.04. The maximum Gasteiger partial charge on any atom is 0.337 e. The maximum atomic E-state index is 11.3. The van der Waals surface area contributed by atoms with Gasteiger partial charge in [-0.3, -0.25) is 4.79 Å². The number of benzene rings is 1. The summed E-state index contributed by atoms with van der Waals surface area (Å²) in [6, 6.07) is 8.26. The summed E-state index contributed by atoms with van der Waals surface area (Å²) in [5.41, 5.74) is 5.36. The first kappa shape index (κ1) is 13.5. The van der Waals surface area contributed by atoms with Crippen molar-refractivity contribution in [3.63, 3.8) is 0 Å². The molecule has 0 bridgehead atoms. The van der Waals surface area contributed by atoms with E-state index in [0.29, 0.717) is 0 Å². The fourth-order valence-corrected chi connectivity index (χ4v) is 1.90. The smallest absolute Gasteiger partial charge is 0.337 e. The third-order valence-electron chi connectivity index (χ3n) is 1.91.